The summed E-state index contributed by atoms with van der Waals surface area (Å²) in [5, 5.41) is 5.82. The Balaban J connectivity index is 1.59. The van der Waals surface area contributed by atoms with Crippen LogP contribution in [0.4, 0.5) is 24.8 Å². The number of rotatable bonds is 10. The van der Waals surface area contributed by atoms with Gasteiger partial charge in [-0.25, -0.2) is 15.1 Å². The van der Waals surface area contributed by atoms with Crippen LogP contribution in [0.2, 0.25) is 5.02 Å². The summed E-state index contributed by atoms with van der Waals surface area (Å²) < 4.78 is 46.4. The van der Waals surface area contributed by atoms with E-state index in [1.165, 1.54) is 17.3 Å². The molecule has 0 saturated carbocycles. The molecule has 0 aromatic carbocycles. The molecule has 0 radical (unpaired) electrons. The zero-order valence-corrected chi connectivity index (χ0v) is 20.8. The number of nitrogens with one attached hydrogen (secondary N) is 1. The van der Waals surface area contributed by atoms with E-state index in [4.69, 9.17) is 16.3 Å². The number of halogens is 4. The lowest BCUT2D eigenvalue weighted by molar-refractivity contribution is -0.138. The van der Waals surface area contributed by atoms with Crippen molar-refractivity contribution < 1.29 is 22.7 Å². The number of amides is 1. The summed E-state index contributed by atoms with van der Waals surface area (Å²) in [5.74, 6) is 0.444. The molecule has 36 heavy (non-hydrogen) atoms. The molecule has 1 atom stereocenters. The number of nitrogens with zero attached hydrogens (tertiary/aromatic N) is 6. The number of piperazine rings is 1. The molecule has 14 heteroatoms. The second kappa shape index (κ2) is 12.3. The predicted octanol–water partition coefficient (Wildman–Crippen LogP) is 2.94. The topological polar surface area (TPSA) is 108 Å². The number of carbonyl (C=O) groups excluding carboxylic acids is 1. The molecule has 1 saturated heterocycles. The van der Waals surface area contributed by atoms with Crippen LogP contribution >= 0.6 is 11.6 Å². The lowest BCUT2D eigenvalue weighted by atomic mass is 10.1. The van der Waals surface area contributed by atoms with Gasteiger partial charge in [0.25, 0.3) is 5.56 Å². The third-order valence-electron chi connectivity index (χ3n) is 5.80. The molecule has 1 fully saturated rings. The van der Waals surface area contributed by atoms with Crippen LogP contribution < -0.4 is 15.4 Å². The highest BCUT2D eigenvalue weighted by Gasteiger charge is 2.38. The van der Waals surface area contributed by atoms with Gasteiger partial charge in [-0.15, -0.1) is 0 Å². The van der Waals surface area contributed by atoms with E-state index < -0.39 is 23.4 Å². The number of aromatic nitrogens is 4. The summed E-state index contributed by atoms with van der Waals surface area (Å²) in [7, 11) is 0. The second-order valence-electron chi connectivity index (χ2n) is 8.32. The largest absolute Gasteiger partial charge is 0.423 e. The van der Waals surface area contributed by atoms with Gasteiger partial charge in [0.05, 0.1) is 41.8 Å². The maximum absolute atomic E-state index is 13.5. The Labute approximate surface area is 211 Å². The van der Waals surface area contributed by atoms with Gasteiger partial charge in [0.2, 0.25) is 11.9 Å². The van der Waals surface area contributed by atoms with Crippen LogP contribution in [0.5, 0.6) is 0 Å². The van der Waals surface area contributed by atoms with Crippen molar-refractivity contribution in [2.24, 2.45) is 0 Å². The first-order valence-corrected chi connectivity index (χ1v) is 12.0. The summed E-state index contributed by atoms with van der Waals surface area (Å²) in [6.07, 6.45) is -0.241. The van der Waals surface area contributed by atoms with Crippen LogP contribution in [0.15, 0.2) is 23.4 Å². The molecule has 1 amide bonds. The van der Waals surface area contributed by atoms with E-state index in [0.29, 0.717) is 50.0 Å². The molecule has 1 aliphatic heterocycles. The Hall–Kier alpha value is -2.93. The second-order valence-corrected chi connectivity index (χ2v) is 8.76. The smallest absolute Gasteiger partial charge is 0.357 e. The molecule has 1 unspecified atom stereocenters. The van der Waals surface area contributed by atoms with Crippen molar-refractivity contribution in [1.29, 1.82) is 0 Å². The van der Waals surface area contributed by atoms with E-state index in [1.807, 2.05) is 16.9 Å². The monoisotopic (exact) mass is 531 g/mol. The van der Waals surface area contributed by atoms with Gasteiger partial charge in [-0.05, 0) is 12.8 Å². The molecule has 3 rings (SSSR count). The summed E-state index contributed by atoms with van der Waals surface area (Å²) in [5.41, 5.74) is -2.98. The van der Waals surface area contributed by atoms with Crippen molar-refractivity contribution in [1.82, 2.24) is 25.1 Å². The van der Waals surface area contributed by atoms with Crippen molar-refractivity contribution in [3.8, 4) is 0 Å². The molecular formula is C22H29ClF3N7O3. The molecule has 0 bridgehead atoms. The lowest BCUT2D eigenvalue weighted by Gasteiger charge is -2.35. The molecule has 0 spiro atoms. The minimum Gasteiger partial charge on any atom is -0.357 e. The minimum atomic E-state index is -4.85. The number of hydrogen-bond donors (Lipinski definition) is 1. The number of ether oxygens (including phenoxy) is 1. The number of hydrogen-bond acceptors (Lipinski definition) is 8. The quantitative estimate of drug-likeness (QED) is 0.466. The number of anilines is 2. The van der Waals surface area contributed by atoms with Crippen molar-refractivity contribution in [2.45, 2.75) is 45.4 Å². The summed E-state index contributed by atoms with van der Waals surface area (Å²) >= 11 is 5.83. The lowest BCUT2D eigenvalue weighted by Crippen LogP contribution is -2.50. The average molecular weight is 532 g/mol. The molecular weight excluding hydrogens is 503 g/mol. The van der Waals surface area contributed by atoms with Crippen LogP contribution in [0.25, 0.3) is 0 Å². The third kappa shape index (κ3) is 7.06. The van der Waals surface area contributed by atoms with Gasteiger partial charge in [-0.1, -0.05) is 25.4 Å². The van der Waals surface area contributed by atoms with Crippen LogP contribution in [0, 0.1) is 0 Å². The SMILES string of the molecule is CCCN(COC(CC)CC(=O)N1CCN(c2ncc(Cl)cn2)CC1)c1cn[nH]c(=O)c1C(F)(F)F. The van der Waals surface area contributed by atoms with E-state index in [9.17, 15) is 22.8 Å². The van der Waals surface area contributed by atoms with Crippen LogP contribution in [0.3, 0.4) is 0 Å². The van der Waals surface area contributed by atoms with Gasteiger partial charge in [0, 0.05) is 32.7 Å². The van der Waals surface area contributed by atoms with E-state index in [0.717, 1.165) is 6.20 Å². The molecule has 198 valence electrons. The Morgan fingerprint density at radius 2 is 1.86 bits per heavy atom. The molecule has 2 aromatic rings. The average Bonchev–Trinajstić information content (AvgIpc) is 2.85. The van der Waals surface area contributed by atoms with Gasteiger partial charge in [-0.3, -0.25) is 9.59 Å². The first-order valence-electron chi connectivity index (χ1n) is 11.7. The fourth-order valence-electron chi connectivity index (χ4n) is 3.89. The van der Waals surface area contributed by atoms with Crippen molar-refractivity contribution >= 4 is 29.1 Å². The maximum atomic E-state index is 13.5. The van der Waals surface area contributed by atoms with Crippen molar-refractivity contribution in [2.75, 3.05) is 49.3 Å². The van der Waals surface area contributed by atoms with Crippen LogP contribution in [-0.2, 0) is 15.7 Å². The predicted molar refractivity (Wildman–Crippen MR) is 128 cm³/mol. The van der Waals surface area contributed by atoms with Crippen molar-refractivity contribution in [3.05, 3.63) is 39.5 Å². The zero-order chi connectivity index (χ0) is 26.3. The summed E-state index contributed by atoms with van der Waals surface area (Å²) in [6.45, 7) is 5.73. The highest BCUT2D eigenvalue weighted by molar-refractivity contribution is 6.30. The Morgan fingerprint density at radius 3 is 2.44 bits per heavy atom. The molecule has 1 N–H and O–H groups in total. The highest BCUT2D eigenvalue weighted by Crippen LogP contribution is 2.33. The van der Waals surface area contributed by atoms with E-state index in [1.54, 1.807) is 11.8 Å². The Morgan fingerprint density at radius 1 is 1.19 bits per heavy atom. The number of carbonyl (C=O) groups is 1. The van der Waals surface area contributed by atoms with Gasteiger partial charge in [-0.2, -0.15) is 18.3 Å². The molecule has 2 aromatic heterocycles. The van der Waals surface area contributed by atoms with Gasteiger partial charge >= 0.3 is 6.18 Å². The highest BCUT2D eigenvalue weighted by atomic mass is 35.5. The minimum absolute atomic E-state index is 0.0909. The zero-order valence-electron chi connectivity index (χ0n) is 20.1. The van der Waals surface area contributed by atoms with Gasteiger partial charge in [0.1, 0.15) is 12.3 Å². The van der Waals surface area contributed by atoms with E-state index in [-0.39, 0.29) is 31.3 Å². The molecule has 0 aliphatic carbocycles. The molecule has 3 heterocycles. The van der Waals surface area contributed by atoms with Gasteiger partial charge in [0.15, 0.2) is 0 Å². The number of H-pyrrole nitrogens is 1. The van der Waals surface area contributed by atoms with Crippen LogP contribution in [-0.4, -0.2) is 76.5 Å². The normalized spacial score (nSPS) is 15.2. The Kier molecular flexibility index (Phi) is 9.49. The van der Waals surface area contributed by atoms with E-state index >= 15 is 0 Å². The number of aromatic amines is 1. The Bertz CT molecular complexity index is 1060. The first-order chi connectivity index (χ1) is 17.1. The fraction of sp³-hybridized carbons (Fsp3) is 0.591. The molecule has 10 nitrogen and oxygen atoms in total. The molecule has 1 aliphatic rings. The first kappa shape index (κ1) is 27.7. The van der Waals surface area contributed by atoms with Gasteiger partial charge < -0.3 is 19.4 Å². The fourth-order valence-corrected chi connectivity index (χ4v) is 3.99. The standard InChI is InChI=1S/C22H29ClF3N7O3/c1-3-5-33(17-13-29-30-20(35)19(17)22(24,25)26)14-36-16(4-2)10-18(34)31-6-8-32(9-7-31)21-27-11-15(23)12-28-21/h11-13,16H,3-10,14H2,1-2H3,(H,30,35). The maximum Gasteiger partial charge on any atom is 0.423 e. The number of alkyl halides is 3. The summed E-state index contributed by atoms with van der Waals surface area (Å²) in [6, 6.07) is 0. The summed E-state index contributed by atoms with van der Waals surface area (Å²) in [4.78, 5) is 38.2. The third-order valence-corrected chi connectivity index (χ3v) is 5.99. The van der Waals surface area contributed by atoms with Crippen LogP contribution in [0.1, 0.15) is 38.7 Å². The van der Waals surface area contributed by atoms with Crippen molar-refractivity contribution in [3.63, 3.8) is 0 Å². The van der Waals surface area contributed by atoms with E-state index in [2.05, 4.69) is 15.1 Å².